The van der Waals surface area contributed by atoms with Gasteiger partial charge in [-0.2, -0.15) is 0 Å². The van der Waals surface area contributed by atoms with Gasteiger partial charge in [-0.15, -0.1) is 0 Å². The second-order valence-electron chi connectivity index (χ2n) is 6.53. The molecule has 146 valence electrons. The Morgan fingerprint density at radius 2 is 1.93 bits per heavy atom. The van der Waals surface area contributed by atoms with Crippen LogP contribution in [0.2, 0.25) is 5.02 Å². The Morgan fingerprint density at radius 1 is 1.14 bits per heavy atom. The van der Waals surface area contributed by atoms with Gasteiger partial charge in [0.2, 0.25) is 0 Å². The van der Waals surface area contributed by atoms with Crippen LogP contribution in [-0.4, -0.2) is 16.0 Å². The summed E-state index contributed by atoms with van der Waals surface area (Å²) >= 11 is 10.5. The molecule has 1 aliphatic heterocycles. The van der Waals surface area contributed by atoms with Crippen molar-refractivity contribution in [3.05, 3.63) is 85.9 Å². The van der Waals surface area contributed by atoms with E-state index in [0.29, 0.717) is 21.4 Å². The number of carbonyl (C=O) groups excluding carboxylic acids is 2. The summed E-state index contributed by atoms with van der Waals surface area (Å²) in [6, 6.07) is 16.7. The van der Waals surface area contributed by atoms with Crippen LogP contribution in [0.3, 0.4) is 0 Å². The van der Waals surface area contributed by atoms with Crippen molar-refractivity contribution in [2.75, 3.05) is 0 Å². The smallest absolute Gasteiger partial charge is 0.293 e. The maximum Gasteiger partial charge on any atom is 0.293 e. The van der Waals surface area contributed by atoms with Crippen LogP contribution in [0, 0.1) is 6.92 Å². The van der Waals surface area contributed by atoms with Crippen LogP contribution in [0.1, 0.15) is 16.9 Å². The summed E-state index contributed by atoms with van der Waals surface area (Å²) in [6.45, 7) is 2.15. The molecule has 0 spiro atoms. The van der Waals surface area contributed by atoms with Crippen molar-refractivity contribution in [3.8, 4) is 11.3 Å². The molecule has 1 aromatic heterocycles. The lowest BCUT2D eigenvalue weighted by atomic mass is 10.1. The predicted octanol–water partition coefficient (Wildman–Crippen LogP) is 6.91. The quantitative estimate of drug-likeness (QED) is 0.375. The zero-order valence-electron chi connectivity index (χ0n) is 15.3. The van der Waals surface area contributed by atoms with Gasteiger partial charge in [-0.1, -0.05) is 51.8 Å². The molecule has 2 amide bonds. The fraction of sp³-hybridized carbons (Fsp3) is 0.0909. The molecule has 3 aromatic rings. The Hall–Kier alpha value is -2.28. The van der Waals surface area contributed by atoms with E-state index in [9.17, 15) is 9.59 Å². The summed E-state index contributed by atoms with van der Waals surface area (Å²) in [6.07, 6.45) is 1.60. The van der Waals surface area contributed by atoms with Crippen molar-refractivity contribution in [2.45, 2.75) is 13.5 Å². The molecule has 0 N–H and O–H groups in total. The Kier molecular flexibility index (Phi) is 5.67. The van der Waals surface area contributed by atoms with Gasteiger partial charge in [-0.05, 0) is 60.1 Å². The van der Waals surface area contributed by atoms with Gasteiger partial charge in [0, 0.05) is 21.1 Å². The van der Waals surface area contributed by atoms with E-state index in [1.54, 1.807) is 30.3 Å². The minimum absolute atomic E-state index is 0.142. The topological polar surface area (TPSA) is 50.5 Å². The van der Waals surface area contributed by atoms with Crippen molar-refractivity contribution < 1.29 is 14.0 Å². The standard InChI is InChI=1S/C22H15BrClNO3S/c1-13-10-14(6-8-17(13)23)19-9-7-16(28-19)11-20-21(26)25(22(27)29-20)12-15-4-2-3-5-18(15)24/h2-11H,12H2,1H3/b20-11-. The highest BCUT2D eigenvalue weighted by Gasteiger charge is 2.35. The third kappa shape index (κ3) is 4.20. The fourth-order valence-electron chi connectivity index (χ4n) is 2.95. The molecule has 0 saturated carbocycles. The number of aryl methyl sites for hydroxylation is 1. The minimum Gasteiger partial charge on any atom is -0.457 e. The van der Waals surface area contributed by atoms with Crippen molar-refractivity contribution in [2.24, 2.45) is 0 Å². The molecule has 2 aromatic carbocycles. The summed E-state index contributed by atoms with van der Waals surface area (Å²) in [5.41, 5.74) is 2.77. The van der Waals surface area contributed by atoms with Crippen LogP contribution in [0.4, 0.5) is 4.79 Å². The van der Waals surface area contributed by atoms with Gasteiger partial charge in [0.05, 0.1) is 11.4 Å². The molecule has 7 heteroatoms. The lowest BCUT2D eigenvalue weighted by molar-refractivity contribution is -0.123. The Bertz CT molecular complexity index is 1150. The van der Waals surface area contributed by atoms with Gasteiger partial charge in [0.15, 0.2) is 0 Å². The zero-order chi connectivity index (χ0) is 20.5. The number of thioether (sulfide) groups is 1. The van der Waals surface area contributed by atoms with Crippen molar-refractivity contribution in [3.63, 3.8) is 0 Å². The molecule has 1 saturated heterocycles. The monoisotopic (exact) mass is 487 g/mol. The third-order valence-corrected chi connectivity index (χ3v) is 6.67. The van der Waals surface area contributed by atoms with Gasteiger partial charge in [0.1, 0.15) is 11.5 Å². The number of carbonyl (C=O) groups is 2. The average molecular weight is 489 g/mol. The summed E-state index contributed by atoms with van der Waals surface area (Å²) in [5, 5.41) is 0.201. The van der Waals surface area contributed by atoms with Crippen LogP contribution >= 0.6 is 39.3 Å². The highest BCUT2D eigenvalue weighted by atomic mass is 79.9. The van der Waals surface area contributed by atoms with Gasteiger partial charge in [-0.25, -0.2) is 0 Å². The van der Waals surface area contributed by atoms with Crippen LogP contribution in [0.5, 0.6) is 0 Å². The molecule has 0 radical (unpaired) electrons. The number of halogens is 2. The Morgan fingerprint density at radius 3 is 2.69 bits per heavy atom. The largest absolute Gasteiger partial charge is 0.457 e. The lowest BCUT2D eigenvalue weighted by Gasteiger charge is -2.13. The van der Waals surface area contributed by atoms with Crippen LogP contribution in [-0.2, 0) is 11.3 Å². The highest BCUT2D eigenvalue weighted by molar-refractivity contribution is 9.10. The molecule has 0 aliphatic carbocycles. The van der Waals surface area contributed by atoms with Crippen LogP contribution < -0.4 is 0 Å². The van der Waals surface area contributed by atoms with E-state index in [-0.39, 0.29) is 17.7 Å². The molecule has 2 heterocycles. The van der Waals surface area contributed by atoms with E-state index in [1.807, 2.05) is 37.3 Å². The minimum atomic E-state index is -0.350. The third-order valence-electron chi connectivity index (χ3n) is 4.50. The Balaban J connectivity index is 1.55. The molecule has 4 nitrogen and oxygen atoms in total. The number of rotatable bonds is 4. The first-order chi connectivity index (χ1) is 13.9. The second kappa shape index (κ2) is 8.22. The van der Waals surface area contributed by atoms with Crippen molar-refractivity contribution in [1.29, 1.82) is 0 Å². The second-order valence-corrected chi connectivity index (χ2v) is 8.78. The van der Waals surface area contributed by atoms with Crippen molar-refractivity contribution in [1.82, 2.24) is 4.90 Å². The van der Waals surface area contributed by atoms with Gasteiger partial charge in [-0.3, -0.25) is 14.5 Å². The number of amides is 2. The summed E-state index contributed by atoms with van der Waals surface area (Å²) in [7, 11) is 0. The summed E-state index contributed by atoms with van der Waals surface area (Å²) in [4.78, 5) is 26.6. The number of furan rings is 1. The number of hydrogen-bond donors (Lipinski definition) is 0. The number of nitrogens with zero attached hydrogens (tertiary/aromatic N) is 1. The first-order valence-electron chi connectivity index (χ1n) is 8.77. The molecule has 1 aliphatic rings. The van der Waals surface area contributed by atoms with Gasteiger partial charge >= 0.3 is 0 Å². The molecule has 0 bridgehead atoms. The van der Waals surface area contributed by atoms with E-state index in [0.717, 1.165) is 32.9 Å². The molecular formula is C22H15BrClNO3S. The van der Waals surface area contributed by atoms with E-state index in [4.69, 9.17) is 16.0 Å². The fourth-order valence-corrected chi connectivity index (χ4v) is 4.21. The van der Waals surface area contributed by atoms with Crippen LogP contribution in [0.25, 0.3) is 17.4 Å². The van der Waals surface area contributed by atoms with E-state index in [1.165, 1.54) is 4.90 Å². The maximum atomic E-state index is 12.7. The zero-order valence-corrected chi connectivity index (χ0v) is 18.5. The highest BCUT2D eigenvalue weighted by Crippen LogP contribution is 2.35. The molecule has 1 fully saturated rings. The van der Waals surface area contributed by atoms with E-state index < -0.39 is 0 Å². The SMILES string of the molecule is Cc1cc(-c2ccc(/C=C3\SC(=O)N(Cc4ccccc4Cl)C3=O)o2)ccc1Br. The van der Waals surface area contributed by atoms with Gasteiger partial charge in [0.25, 0.3) is 11.1 Å². The first kappa shape index (κ1) is 20.0. The molecule has 4 rings (SSSR count). The van der Waals surface area contributed by atoms with Crippen molar-refractivity contribution >= 4 is 56.5 Å². The van der Waals surface area contributed by atoms with Gasteiger partial charge < -0.3 is 4.42 Å². The average Bonchev–Trinajstić information content (AvgIpc) is 3.26. The number of imide groups is 1. The van der Waals surface area contributed by atoms with E-state index >= 15 is 0 Å². The molecular weight excluding hydrogens is 474 g/mol. The maximum absolute atomic E-state index is 12.7. The molecule has 0 atom stereocenters. The molecule has 29 heavy (non-hydrogen) atoms. The number of hydrogen-bond acceptors (Lipinski definition) is 4. The molecule has 0 unspecified atom stereocenters. The number of benzene rings is 2. The van der Waals surface area contributed by atoms with E-state index in [2.05, 4.69) is 15.9 Å². The lowest BCUT2D eigenvalue weighted by Crippen LogP contribution is -2.27. The Labute approximate surface area is 185 Å². The normalized spacial score (nSPS) is 15.6. The summed E-state index contributed by atoms with van der Waals surface area (Å²) in [5.74, 6) is 0.864. The first-order valence-corrected chi connectivity index (χ1v) is 10.8. The summed E-state index contributed by atoms with van der Waals surface area (Å²) < 4.78 is 6.90. The predicted molar refractivity (Wildman–Crippen MR) is 120 cm³/mol. The van der Waals surface area contributed by atoms with Crippen LogP contribution in [0.15, 0.2) is 68.4 Å².